The molecule has 3 saturated heterocycles. The van der Waals surface area contributed by atoms with Crippen molar-refractivity contribution in [3.63, 3.8) is 0 Å². The maximum absolute atomic E-state index is 5.81. The number of aromatic nitrogens is 1. The van der Waals surface area contributed by atoms with Crippen LogP contribution in [0.4, 0.5) is 0 Å². The zero-order chi connectivity index (χ0) is 14.8. The van der Waals surface area contributed by atoms with Crippen LogP contribution in [0.2, 0.25) is 0 Å². The van der Waals surface area contributed by atoms with Crippen LogP contribution in [0.1, 0.15) is 25.0 Å². The van der Waals surface area contributed by atoms with Crippen LogP contribution >= 0.6 is 0 Å². The highest BCUT2D eigenvalue weighted by Crippen LogP contribution is 2.32. The molecule has 0 bridgehead atoms. The van der Waals surface area contributed by atoms with Gasteiger partial charge in [-0.15, -0.1) is 0 Å². The Morgan fingerprint density at radius 2 is 2.00 bits per heavy atom. The summed E-state index contributed by atoms with van der Waals surface area (Å²) < 4.78 is 5.81. The number of pyridine rings is 1. The van der Waals surface area contributed by atoms with Crippen molar-refractivity contribution in [3.8, 4) is 0 Å². The van der Waals surface area contributed by atoms with Crippen molar-refractivity contribution in [1.82, 2.24) is 14.8 Å². The summed E-state index contributed by atoms with van der Waals surface area (Å²) >= 11 is 0. The molecule has 4 nitrogen and oxygen atoms in total. The maximum Gasteiger partial charge on any atom is 0.0702 e. The summed E-state index contributed by atoms with van der Waals surface area (Å²) in [6.45, 7) is 8.17. The molecule has 0 radical (unpaired) electrons. The highest BCUT2D eigenvalue weighted by molar-refractivity contribution is 5.04. The lowest BCUT2D eigenvalue weighted by molar-refractivity contribution is 0.0507. The Morgan fingerprint density at radius 3 is 2.82 bits per heavy atom. The molecule has 3 atom stereocenters. The van der Waals surface area contributed by atoms with Crippen molar-refractivity contribution in [3.05, 3.63) is 30.1 Å². The minimum absolute atomic E-state index is 0.502. The molecule has 0 aliphatic carbocycles. The van der Waals surface area contributed by atoms with E-state index in [1.165, 1.54) is 51.1 Å². The van der Waals surface area contributed by atoms with Crippen LogP contribution in [0, 0.1) is 11.8 Å². The number of rotatable bonds is 4. The Morgan fingerprint density at radius 1 is 1.09 bits per heavy atom. The van der Waals surface area contributed by atoms with Gasteiger partial charge >= 0.3 is 0 Å². The fourth-order valence-corrected chi connectivity index (χ4v) is 4.43. The summed E-state index contributed by atoms with van der Waals surface area (Å²) in [5.41, 5.74) is 1.21. The summed E-state index contributed by atoms with van der Waals surface area (Å²) in [6, 6.07) is 6.23. The van der Waals surface area contributed by atoms with Gasteiger partial charge in [-0.3, -0.25) is 9.88 Å². The first-order chi connectivity index (χ1) is 10.9. The van der Waals surface area contributed by atoms with Gasteiger partial charge in [0.25, 0.3) is 0 Å². The largest absolute Gasteiger partial charge is 0.377 e. The fraction of sp³-hybridized carbons (Fsp3) is 0.722. The molecule has 0 saturated carbocycles. The second-order valence-electron chi connectivity index (χ2n) is 7.22. The van der Waals surface area contributed by atoms with Gasteiger partial charge in [0.05, 0.1) is 11.8 Å². The van der Waals surface area contributed by atoms with Gasteiger partial charge in [-0.1, -0.05) is 6.07 Å². The molecule has 1 aromatic rings. The third kappa shape index (κ3) is 3.34. The smallest absolute Gasteiger partial charge is 0.0702 e. The molecule has 0 amide bonds. The van der Waals surface area contributed by atoms with Crippen molar-refractivity contribution >= 4 is 0 Å². The predicted octanol–water partition coefficient (Wildman–Crippen LogP) is 2.01. The van der Waals surface area contributed by atoms with Crippen LogP contribution in [0.3, 0.4) is 0 Å². The molecule has 3 fully saturated rings. The van der Waals surface area contributed by atoms with E-state index in [2.05, 4.69) is 26.9 Å². The van der Waals surface area contributed by atoms with Gasteiger partial charge in [-0.25, -0.2) is 0 Å². The second-order valence-corrected chi connectivity index (χ2v) is 7.22. The molecule has 3 aliphatic rings. The van der Waals surface area contributed by atoms with Crippen LogP contribution in [0.15, 0.2) is 24.4 Å². The predicted molar refractivity (Wildman–Crippen MR) is 86.5 cm³/mol. The number of nitrogens with zero attached hydrogens (tertiary/aromatic N) is 3. The number of piperidine rings is 1. The number of ether oxygens (including phenoxy) is 1. The van der Waals surface area contributed by atoms with E-state index < -0.39 is 0 Å². The highest BCUT2D eigenvalue weighted by atomic mass is 16.5. The Balaban J connectivity index is 1.29. The Bertz CT molecular complexity index is 474. The van der Waals surface area contributed by atoms with Gasteiger partial charge in [0, 0.05) is 45.5 Å². The van der Waals surface area contributed by atoms with Crippen molar-refractivity contribution < 1.29 is 4.74 Å². The Labute approximate surface area is 133 Å². The van der Waals surface area contributed by atoms with Gasteiger partial charge in [-0.05, 0) is 49.8 Å². The Kier molecular flexibility index (Phi) is 4.42. The van der Waals surface area contributed by atoms with E-state index in [9.17, 15) is 0 Å². The molecule has 120 valence electrons. The third-order valence-corrected chi connectivity index (χ3v) is 5.56. The van der Waals surface area contributed by atoms with Gasteiger partial charge in [-0.2, -0.15) is 0 Å². The summed E-state index contributed by atoms with van der Waals surface area (Å²) in [4.78, 5) is 9.73. The number of hydrogen-bond donors (Lipinski definition) is 0. The van der Waals surface area contributed by atoms with Gasteiger partial charge in [0.15, 0.2) is 0 Å². The van der Waals surface area contributed by atoms with Crippen LogP contribution in [0.25, 0.3) is 0 Å². The first-order valence-corrected chi connectivity index (χ1v) is 8.83. The van der Waals surface area contributed by atoms with E-state index in [0.29, 0.717) is 6.10 Å². The monoisotopic (exact) mass is 301 g/mol. The molecule has 4 rings (SSSR count). The zero-order valence-corrected chi connectivity index (χ0v) is 13.4. The topological polar surface area (TPSA) is 28.6 Å². The minimum atomic E-state index is 0.502. The van der Waals surface area contributed by atoms with Gasteiger partial charge < -0.3 is 9.64 Å². The first kappa shape index (κ1) is 14.6. The quantitative estimate of drug-likeness (QED) is 0.851. The molecule has 22 heavy (non-hydrogen) atoms. The van der Waals surface area contributed by atoms with Crippen molar-refractivity contribution in [2.45, 2.75) is 31.9 Å². The summed E-state index contributed by atoms with van der Waals surface area (Å²) in [5, 5.41) is 0. The second kappa shape index (κ2) is 6.65. The molecule has 0 spiro atoms. The van der Waals surface area contributed by atoms with E-state index in [0.717, 1.165) is 31.5 Å². The molecule has 4 heteroatoms. The lowest BCUT2D eigenvalue weighted by Gasteiger charge is -2.35. The highest BCUT2D eigenvalue weighted by Gasteiger charge is 2.37. The van der Waals surface area contributed by atoms with E-state index >= 15 is 0 Å². The Hall–Kier alpha value is -0.970. The standard InChI is InChI=1S/C18H27N3O/c1-2-7-19-17(4-1)13-21-10-15-6-8-20(11-16(15)12-21)14-18-5-3-9-22-18/h1-2,4,7,15-16,18H,3,5-6,8-14H2/t15-,16+,18?/m0/s1. The first-order valence-electron chi connectivity index (χ1n) is 8.83. The van der Waals surface area contributed by atoms with Gasteiger partial charge in [0.2, 0.25) is 0 Å². The average molecular weight is 301 g/mol. The molecule has 1 unspecified atom stereocenters. The van der Waals surface area contributed by atoms with Crippen molar-refractivity contribution in [2.75, 3.05) is 39.3 Å². The molecular weight excluding hydrogens is 274 g/mol. The molecular formula is C18H27N3O. The zero-order valence-electron chi connectivity index (χ0n) is 13.4. The molecule has 1 aromatic heterocycles. The van der Waals surface area contributed by atoms with Crippen molar-refractivity contribution in [1.29, 1.82) is 0 Å². The number of fused-ring (bicyclic) bond motifs is 1. The van der Waals surface area contributed by atoms with Crippen LogP contribution < -0.4 is 0 Å². The van der Waals surface area contributed by atoms with E-state index in [1.54, 1.807) is 0 Å². The lowest BCUT2D eigenvalue weighted by atomic mass is 9.88. The average Bonchev–Trinajstić information content (AvgIpc) is 3.17. The third-order valence-electron chi connectivity index (χ3n) is 5.56. The molecule has 3 aliphatic heterocycles. The molecule has 0 aromatic carbocycles. The summed E-state index contributed by atoms with van der Waals surface area (Å²) in [5.74, 6) is 1.74. The van der Waals surface area contributed by atoms with E-state index in [4.69, 9.17) is 4.74 Å². The van der Waals surface area contributed by atoms with Crippen molar-refractivity contribution in [2.24, 2.45) is 11.8 Å². The van der Waals surface area contributed by atoms with E-state index in [-0.39, 0.29) is 0 Å². The van der Waals surface area contributed by atoms with Crippen LogP contribution in [-0.4, -0.2) is 60.2 Å². The SMILES string of the molecule is c1ccc(CN2C[C@H]3CN(CC4CCCO4)CC[C@H]3C2)nc1. The summed E-state index contributed by atoms with van der Waals surface area (Å²) in [7, 11) is 0. The number of hydrogen-bond acceptors (Lipinski definition) is 4. The van der Waals surface area contributed by atoms with E-state index in [1.807, 2.05) is 12.3 Å². The molecule has 4 heterocycles. The fourth-order valence-electron chi connectivity index (χ4n) is 4.43. The molecule has 0 N–H and O–H groups in total. The summed E-state index contributed by atoms with van der Waals surface area (Å²) in [6.07, 6.45) is 6.28. The minimum Gasteiger partial charge on any atom is -0.377 e. The van der Waals surface area contributed by atoms with Crippen LogP contribution in [-0.2, 0) is 11.3 Å². The maximum atomic E-state index is 5.81. The van der Waals surface area contributed by atoms with Crippen LogP contribution in [0.5, 0.6) is 0 Å². The number of likely N-dealkylation sites (tertiary alicyclic amines) is 2. The van der Waals surface area contributed by atoms with Gasteiger partial charge in [0.1, 0.15) is 0 Å². The lowest BCUT2D eigenvalue weighted by Crippen LogP contribution is -2.43. The normalized spacial score (nSPS) is 33.2.